The summed E-state index contributed by atoms with van der Waals surface area (Å²) in [6.45, 7) is 2.07. The maximum Gasteiger partial charge on any atom is 0.129 e. The molecule has 4 heteroatoms. The van der Waals surface area contributed by atoms with Crippen molar-refractivity contribution in [2.24, 2.45) is 5.73 Å². The van der Waals surface area contributed by atoms with Crippen molar-refractivity contribution in [2.75, 3.05) is 7.11 Å². The first-order valence-electron chi connectivity index (χ1n) is 6.94. The molecule has 1 heterocycles. The molecule has 1 aliphatic heterocycles. The van der Waals surface area contributed by atoms with Crippen LogP contribution in [0.2, 0.25) is 0 Å². The first-order chi connectivity index (χ1) is 10.1. The molecule has 3 nitrogen and oxygen atoms in total. The zero-order valence-electron chi connectivity index (χ0n) is 12.1. The van der Waals surface area contributed by atoms with E-state index in [9.17, 15) is 0 Å². The number of halogens is 1. The van der Waals surface area contributed by atoms with Gasteiger partial charge in [0.15, 0.2) is 0 Å². The average Bonchev–Trinajstić information content (AvgIpc) is 2.47. The monoisotopic (exact) mass is 347 g/mol. The fourth-order valence-electron chi connectivity index (χ4n) is 2.77. The molecule has 1 aliphatic rings. The Morgan fingerprint density at radius 3 is 2.76 bits per heavy atom. The van der Waals surface area contributed by atoms with Crippen LogP contribution in [0.1, 0.15) is 35.3 Å². The third-order valence-electron chi connectivity index (χ3n) is 3.84. The van der Waals surface area contributed by atoms with Crippen LogP contribution < -0.4 is 15.2 Å². The molecule has 21 heavy (non-hydrogen) atoms. The van der Waals surface area contributed by atoms with Gasteiger partial charge in [0, 0.05) is 28.1 Å². The Hall–Kier alpha value is -1.52. The molecule has 0 fully saturated rings. The second-order valence-electron chi connectivity index (χ2n) is 5.38. The van der Waals surface area contributed by atoms with Gasteiger partial charge in [-0.05, 0) is 31.2 Å². The van der Waals surface area contributed by atoms with Gasteiger partial charge >= 0.3 is 0 Å². The maximum absolute atomic E-state index is 6.34. The normalized spacial score (nSPS) is 20.6. The molecule has 0 amide bonds. The third kappa shape index (κ3) is 2.78. The van der Waals surface area contributed by atoms with Crippen molar-refractivity contribution in [1.82, 2.24) is 0 Å². The van der Waals surface area contributed by atoms with Gasteiger partial charge in [-0.2, -0.15) is 0 Å². The Bertz CT molecular complexity index is 672. The van der Waals surface area contributed by atoms with Gasteiger partial charge in [0.25, 0.3) is 0 Å². The number of ether oxygens (including phenoxy) is 2. The molecule has 3 rings (SSSR count). The molecule has 0 spiro atoms. The van der Waals surface area contributed by atoms with Crippen LogP contribution in [0.25, 0.3) is 0 Å². The van der Waals surface area contributed by atoms with Gasteiger partial charge in [-0.25, -0.2) is 0 Å². The van der Waals surface area contributed by atoms with Crippen LogP contribution in [0.3, 0.4) is 0 Å². The highest BCUT2D eigenvalue weighted by Crippen LogP contribution is 2.42. The van der Waals surface area contributed by atoms with Crippen molar-refractivity contribution >= 4 is 15.9 Å². The van der Waals surface area contributed by atoms with Crippen molar-refractivity contribution in [3.05, 3.63) is 57.6 Å². The number of hydrogen-bond donors (Lipinski definition) is 1. The van der Waals surface area contributed by atoms with Crippen molar-refractivity contribution in [1.29, 1.82) is 0 Å². The van der Waals surface area contributed by atoms with E-state index in [2.05, 4.69) is 28.9 Å². The van der Waals surface area contributed by atoms with Gasteiger partial charge < -0.3 is 15.2 Å². The van der Waals surface area contributed by atoms with E-state index in [4.69, 9.17) is 15.2 Å². The Morgan fingerprint density at radius 2 is 2.00 bits per heavy atom. The van der Waals surface area contributed by atoms with Crippen molar-refractivity contribution in [3.8, 4) is 11.5 Å². The van der Waals surface area contributed by atoms with E-state index in [1.807, 2.05) is 30.3 Å². The number of benzene rings is 2. The molecular formula is C17H18BrNO2. The molecule has 2 atom stereocenters. The summed E-state index contributed by atoms with van der Waals surface area (Å²) in [6.07, 6.45) is 0.645. The lowest BCUT2D eigenvalue weighted by atomic mass is 9.92. The number of methoxy groups -OCH3 is 1. The third-order valence-corrected chi connectivity index (χ3v) is 4.33. The van der Waals surface area contributed by atoms with E-state index in [0.29, 0.717) is 0 Å². The lowest BCUT2D eigenvalue weighted by Crippen LogP contribution is -2.24. The molecule has 0 radical (unpaired) electrons. The summed E-state index contributed by atoms with van der Waals surface area (Å²) in [6, 6.07) is 12.1. The highest BCUT2D eigenvalue weighted by Gasteiger charge is 2.29. The number of fused-ring (bicyclic) bond motifs is 1. The number of nitrogens with two attached hydrogens (primary N) is 1. The lowest BCUT2D eigenvalue weighted by molar-refractivity contribution is 0.158. The molecule has 2 aromatic rings. The van der Waals surface area contributed by atoms with Crippen LogP contribution in [0, 0.1) is 6.92 Å². The number of aryl methyl sites for hydroxylation is 1. The smallest absolute Gasteiger partial charge is 0.129 e. The molecule has 0 bridgehead atoms. The fourth-order valence-corrected chi connectivity index (χ4v) is 3.15. The Kier molecular flexibility index (Phi) is 3.91. The second kappa shape index (κ2) is 5.70. The van der Waals surface area contributed by atoms with Gasteiger partial charge in [-0.1, -0.05) is 33.6 Å². The number of hydrogen-bond acceptors (Lipinski definition) is 3. The van der Waals surface area contributed by atoms with E-state index < -0.39 is 0 Å². The summed E-state index contributed by atoms with van der Waals surface area (Å²) in [5.41, 5.74) is 9.65. The van der Waals surface area contributed by atoms with Crippen molar-refractivity contribution < 1.29 is 9.47 Å². The molecule has 0 aliphatic carbocycles. The quantitative estimate of drug-likeness (QED) is 0.881. The summed E-state index contributed by atoms with van der Waals surface area (Å²) in [7, 11) is 1.67. The summed E-state index contributed by atoms with van der Waals surface area (Å²) >= 11 is 3.51. The summed E-state index contributed by atoms with van der Waals surface area (Å²) in [5.74, 6) is 1.69. The van der Waals surface area contributed by atoms with Crippen LogP contribution in [0.5, 0.6) is 11.5 Å². The fraction of sp³-hybridized carbons (Fsp3) is 0.294. The van der Waals surface area contributed by atoms with E-state index >= 15 is 0 Å². The molecule has 0 saturated heterocycles. The van der Waals surface area contributed by atoms with Crippen molar-refractivity contribution in [3.63, 3.8) is 0 Å². The van der Waals surface area contributed by atoms with E-state index in [-0.39, 0.29) is 12.1 Å². The predicted octanol–water partition coefficient (Wildman–Crippen LogP) is 4.29. The minimum absolute atomic E-state index is 0.0256. The Balaban J connectivity index is 1.99. The molecule has 110 valence electrons. The molecule has 2 unspecified atom stereocenters. The van der Waals surface area contributed by atoms with Crippen LogP contribution in [-0.4, -0.2) is 7.11 Å². The first kappa shape index (κ1) is 14.4. The van der Waals surface area contributed by atoms with E-state index in [0.717, 1.165) is 33.5 Å². The van der Waals surface area contributed by atoms with Crippen LogP contribution >= 0.6 is 15.9 Å². The number of rotatable bonds is 2. The zero-order chi connectivity index (χ0) is 15.0. The average molecular weight is 348 g/mol. The van der Waals surface area contributed by atoms with E-state index in [1.54, 1.807) is 7.11 Å². The van der Waals surface area contributed by atoms with Gasteiger partial charge in [0.2, 0.25) is 0 Å². The molecule has 0 saturated carbocycles. The topological polar surface area (TPSA) is 44.5 Å². The van der Waals surface area contributed by atoms with Crippen LogP contribution in [0.4, 0.5) is 0 Å². The highest BCUT2D eigenvalue weighted by atomic mass is 79.9. The highest BCUT2D eigenvalue weighted by molar-refractivity contribution is 9.10. The first-order valence-corrected chi connectivity index (χ1v) is 7.74. The summed E-state index contributed by atoms with van der Waals surface area (Å²) in [4.78, 5) is 0. The second-order valence-corrected chi connectivity index (χ2v) is 6.29. The Labute approximate surface area is 133 Å². The minimum atomic E-state index is -0.0948. The summed E-state index contributed by atoms with van der Waals surface area (Å²) in [5, 5.41) is 0. The van der Waals surface area contributed by atoms with Gasteiger partial charge in [-0.15, -0.1) is 0 Å². The molecule has 2 aromatic carbocycles. The SMILES string of the molecule is COc1ccc(Br)cc1C1CC(N)c2cc(C)ccc2O1. The maximum atomic E-state index is 6.34. The molecule has 2 N–H and O–H groups in total. The minimum Gasteiger partial charge on any atom is -0.496 e. The Morgan fingerprint density at radius 1 is 1.19 bits per heavy atom. The van der Waals surface area contributed by atoms with E-state index in [1.165, 1.54) is 5.56 Å². The van der Waals surface area contributed by atoms with Gasteiger partial charge in [0.05, 0.1) is 7.11 Å². The molecular weight excluding hydrogens is 330 g/mol. The standard InChI is InChI=1S/C17H18BrNO2/c1-10-3-5-16-12(7-10)14(19)9-17(21-16)13-8-11(18)4-6-15(13)20-2/h3-8,14,17H,9,19H2,1-2H3. The van der Waals surface area contributed by atoms with Gasteiger partial charge in [-0.3, -0.25) is 0 Å². The van der Waals surface area contributed by atoms with Crippen molar-refractivity contribution in [2.45, 2.75) is 25.5 Å². The lowest BCUT2D eigenvalue weighted by Gasteiger charge is -2.31. The summed E-state index contributed by atoms with van der Waals surface area (Å²) < 4.78 is 12.6. The molecule has 0 aromatic heterocycles. The largest absolute Gasteiger partial charge is 0.496 e. The van der Waals surface area contributed by atoms with Gasteiger partial charge in [0.1, 0.15) is 17.6 Å². The zero-order valence-corrected chi connectivity index (χ0v) is 13.7. The van der Waals surface area contributed by atoms with Crippen LogP contribution in [-0.2, 0) is 0 Å². The van der Waals surface area contributed by atoms with Crippen LogP contribution in [0.15, 0.2) is 40.9 Å². The predicted molar refractivity (Wildman–Crippen MR) is 86.8 cm³/mol.